The summed E-state index contributed by atoms with van der Waals surface area (Å²) in [5, 5.41) is 0. The van der Waals surface area contributed by atoms with Crippen LogP contribution in [0.4, 0.5) is 0 Å². The van der Waals surface area contributed by atoms with Gasteiger partial charge in [-0.05, 0) is 49.4 Å². The minimum absolute atomic E-state index is 0.511. The van der Waals surface area contributed by atoms with E-state index in [2.05, 4.69) is 13.8 Å². The standard InChI is InChI=1S/C15H29N/c1-3-12-5-4-6-13(10-12)14-9-11(2)7-8-15(14)16/h11-15H,3-10,16H2,1-2H3. The number of nitrogens with two attached hydrogens (primary N) is 1. The highest BCUT2D eigenvalue weighted by Crippen LogP contribution is 2.41. The van der Waals surface area contributed by atoms with Crippen molar-refractivity contribution >= 4 is 0 Å². The molecule has 16 heavy (non-hydrogen) atoms. The van der Waals surface area contributed by atoms with Crippen LogP contribution >= 0.6 is 0 Å². The molecule has 5 unspecified atom stereocenters. The monoisotopic (exact) mass is 223 g/mol. The van der Waals surface area contributed by atoms with Crippen LogP contribution in [0, 0.1) is 23.7 Å². The Morgan fingerprint density at radius 3 is 2.62 bits per heavy atom. The van der Waals surface area contributed by atoms with Gasteiger partial charge < -0.3 is 5.73 Å². The summed E-state index contributed by atoms with van der Waals surface area (Å²) in [6, 6.07) is 0.511. The van der Waals surface area contributed by atoms with E-state index in [1.165, 1.54) is 51.4 Å². The highest BCUT2D eigenvalue weighted by atomic mass is 14.7. The highest BCUT2D eigenvalue weighted by molar-refractivity contribution is 4.88. The molecule has 5 atom stereocenters. The first-order valence-electron chi connectivity index (χ1n) is 7.46. The minimum Gasteiger partial charge on any atom is -0.327 e. The average molecular weight is 223 g/mol. The molecular formula is C15H29N. The van der Waals surface area contributed by atoms with Crippen LogP contribution in [0.1, 0.15) is 65.2 Å². The molecule has 0 radical (unpaired) electrons. The lowest BCUT2D eigenvalue weighted by Crippen LogP contribution is -2.41. The molecule has 94 valence electrons. The zero-order valence-electron chi connectivity index (χ0n) is 11.1. The zero-order valence-corrected chi connectivity index (χ0v) is 11.1. The average Bonchev–Trinajstić information content (AvgIpc) is 2.32. The van der Waals surface area contributed by atoms with Gasteiger partial charge in [0.05, 0.1) is 0 Å². The Kier molecular flexibility index (Phi) is 4.29. The van der Waals surface area contributed by atoms with Crippen molar-refractivity contribution in [1.29, 1.82) is 0 Å². The molecule has 0 saturated heterocycles. The summed E-state index contributed by atoms with van der Waals surface area (Å²) in [4.78, 5) is 0. The summed E-state index contributed by atoms with van der Waals surface area (Å²) >= 11 is 0. The molecule has 0 aliphatic heterocycles. The Bertz CT molecular complexity index is 213. The topological polar surface area (TPSA) is 26.0 Å². The first-order valence-corrected chi connectivity index (χ1v) is 7.46. The van der Waals surface area contributed by atoms with Crippen LogP contribution in [0.3, 0.4) is 0 Å². The minimum atomic E-state index is 0.511. The summed E-state index contributed by atoms with van der Waals surface area (Å²) in [6.45, 7) is 4.77. The van der Waals surface area contributed by atoms with Crippen molar-refractivity contribution < 1.29 is 0 Å². The fourth-order valence-corrected chi connectivity index (χ4v) is 4.08. The van der Waals surface area contributed by atoms with Gasteiger partial charge in [0.1, 0.15) is 0 Å². The summed E-state index contributed by atoms with van der Waals surface area (Å²) in [6.07, 6.45) is 11.3. The zero-order chi connectivity index (χ0) is 11.5. The van der Waals surface area contributed by atoms with Gasteiger partial charge in [0.2, 0.25) is 0 Å². The lowest BCUT2D eigenvalue weighted by molar-refractivity contribution is 0.118. The van der Waals surface area contributed by atoms with Crippen LogP contribution < -0.4 is 5.73 Å². The van der Waals surface area contributed by atoms with Crippen molar-refractivity contribution in [2.75, 3.05) is 0 Å². The fraction of sp³-hybridized carbons (Fsp3) is 1.00. The van der Waals surface area contributed by atoms with Gasteiger partial charge in [0.15, 0.2) is 0 Å². The Labute approximate surface area is 101 Å². The molecule has 0 bridgehead atoms. The summed E-state index contributed by atoms with van der Waals surface area (Å²) in [5.41, 5.74) is 6.36. The first kappa shape index (κ1) is 12.4. The second-order valence-corrected chi connectivity index (χ2v) is 6.45. The van der Waals surface area contributed by atoms with Crippen LogP contribution in [-0.2, 0) is 0 Å². The van der Waals surface area contributed by atoms with Crippen molar-refractivity contribution in [3.63, 3.8) is 0 Å². The SMILES string of the molecule is CCC1CCCC(C2CC(C)CCC2N)C1. The van der Waals surface area contributed by atoms with Crippen LogP contribution in [-0.4, -0.2) is 6.04 Å². The molecule has 2 aliphatic rings. The Morgan fingerprint density at radius 2 is 1.88 bits per heavy atom. The third-order valence-corrected chi connectivity index (χ3v) is 5.22. The van der Waals surface area contributed by atoms with Crippen molar-refractivity contribution in [3.05, 3.63) is 0 Å². The number of hydrogen-bond acceptors (Lipinski definition) is 1. The fourth-order valence-electron chi connectivity index (χ4n) is 4.08. The van der Waals surface area contributed by atoms with Gasteiger partial charge in [0, 0.05) is 6.04 Å². The summed E-state index contributed by atoms with van der Waals surface area (Å²) in [7, 11) is 0. The van der Waals surface area contributed by atoms with Gasteiger partial charge in [-0.15, -0.1) is 0 Å². The number of hydrogen-bond donors (Lipinski definition) is 1. The molecule has 2 saturated carbocycles. The Morgan fingerprint density at radius 1 is 1.06 bits per heavy atom. The molecule has 0 heterocycles. The van der Waals surface area contributed by atoms with Gasteiger partial charge in [-0.3, -0.25) is 0 Å². The molecule has 2 rings (SSSR count). The van der Waals surface area contributed by atoms with E-state index < -0.39 is 0 Å². The molecule has 0 amide bonds. The third kappa shape index (κ3) is 2.80. The maximum atomic E-state index is 6.36. The quantitative estimate of drug-likeness (QED) is 0.753. The van der Waals surface area contributed by atoms with Crippen molar-refractivity contribution in [3.8, 4) is 0 Å². The predicted octanol–water partition coefficient (Wildman–Crippen LogP) is 3.97. The Hall–Kier alpha value is -0.0400. The smallest absolute Gasteiger partial charge is 0.00700 e. The normalized spacial score (nSPS) is 45.6. The van der Waals surface area contributed by atoms with Gasteiger partial charge in [0.25, 0.3) is 0 Å². The van der Waals surface area contributed by atoms with Crippen LogP contribution in [0.5, 0.6) is 0 Å². The highest BCUT2D eigenvalue weighted by Gasteiger charge is 2.34. The molecule has 1 heteroatoms. The summed E-state index contributed by atoms with van der Waals surface area (Å²) in [5.74, 6) is 3.73. The molecule has 2 N–H and O–H groups in total. The third-order valence-electron chi connectivity index (χ3n) is 5.22. The number of rotatable bonds is 2. The van der Waals surface area contributed by atoms with E-state index in [1.54, 1.807) is 0 Å². The summed E-state index contributed by atoms with van der Waals surface area (Å²) < 4.78 is 0. The second kappa shape index (κ2) is 5.53. The molecular weight excluding hydrogens is 194 g/mol. The van der Waals surface area contributed by atoms with E-state index in [9.17, 15) is 0 Å². The first-order chi connectivity index (χ1) is 7.70. The Balaban J connectivity index is 1.94. The van der Waals surface area contributed by atoms with Crippen LogP contribution in [0.2, 0.25) is 0 Å². The van der Waals surface area contributed by atoms with Crippen molar-refractivity contribution in [2.45, 2.75) is 71.3 Å². The molecule has 2 aliphatic carbocycles. The lowest BCUT2D eigenvalue weighted by Gasteiger charge is -2.41. The van der Waals surface area contributed by atoms with E-state index in [-0.39, 0.29) is 0 Å². The van der Waals surface area contributed by atoms with Gasteiger partial charge >= 0.3 is 0 Å². The van der Waals surface area contributed by atoms with Crippen molar-refractivity contribution in [1.82, 2.24) is 0 Å². The van der Waals surface area contributed by atoms with E-state index in [0.717, 1.165) is 23.7 Å². The maximum absolute atomic E-state index is 6.36. The van der Waals surface area contributed by atoms with Crippen molar-refractivity contribution in [2.24, 2.45) is 29.4 Å². The van der Waals surface area contributed by atoms with E-state index in [0.29, 0.717) is 6.04 Å². The second-order valence-electron chi connectivity index (χ2n) is 6.45. The molecule has 0 aromatic heterocycles. The van der Waals surface area contributed by atoms with Crippen LogP contribution in [0.25, 0.3) is 0 Å². The van der Waals surface area contributed by atoms with Crippen LogP contribution in [0.15, 0.2) is 0 Å². The molecule has 0 aromatic rings. The lowest BCUT2D eigenvalue weighted by atomic mass is 9.66. The van der Waals surface area contributed by atoms with E-state index in [4.69, 9.17) is 5.73 Å². The van der Waals surface area contributed by atoms with Gasteiger partial charge in [-0.25, -0.2) is 0 Å². The maximum Gasteiger partial charge on any atom is 0.00700 e. The molecule has 0 aromatic carbocycles. The predicted molar refractivity (Wildman–Crippen MR) is 70.2 cm³/mol. The molecule has 1 nitrogen and oxygen atoms in total. The molecule has 2 fully saturated rings. The van der Waals surface area contributed by atoms with Gasteiger partial charge in [-0.1, -0.05) is 39.5 Å². The largest absolute Gasteiger partial charge is 0.327 e. The van der Waals surface area contributed by atoms with E-state index in [1.807, 2.05) is 0 Å². The van der Waals surface area contributed by atoms with Gasteiger partial charge in [-0.2, -0.15) is 0 Å². The van der Waals surface area contributed by atoms with E-state index >= 15 is 0 Å². The molecule has 0 spiro atoms.